The molecule has 3 N–H and O–H groups in total. The number of nitrogens with zero attached hydrogens (tertiary/aromatic N) is 2. The van der Waals surface area contributed by atoms with Gasteiger partial charge in [0.2, 0.25) is 0 Å². The van der Waals surface area contributed by atoms with Crippen LogP contribution in [0.1, 0.15) is 5.69 Å². The minimum Gasteiger partial charge on any atom is -0.493 e. The third-order valence-electron chi connectivity index (χ3n) is 2.66. The molecule has 100 valence electrons. The first kappa shape index (κ1) is 12.9. The molecule has 0 spiro atoms. The lowest BCUT2D eigenvalue weighted by Gasteiger charge is -2.13. The highest BCUT2D eigenvalue weighted by molar-refractivity contribution is 5.72. The quantitative estimate of drug-likeness (QED) is 0.796. The number of nitrogen functional groups attached to an aromatic ring is 1. The van der Waals surface area contributed by atoms with Crippen LogP contribution in [0.3, 0.4) is 0 Å². The standard InChI is InChI=1S/C13H16N4O2/c1-18-12-5-10(14)11(6-13(12)19-2)16-7-9-3-4-15-8-17-9/h3-6,8,16H,7,14H2,1-2H3. The Bertz CT molecular complexity index is 546. The number of anilines is 2. The number of nitrogens with one attached hydrogen (secondary N) is 1. The normalized spacial score (nSPS) is 10.0. The largest absolute Gasteiger partial charge is 0.493 e. The predicted octanol–water partition coefficient (Wildman–Crippen LogP) is 1.69. The predicted molar refractivity (Wildman–Crippen MR) is 73.3 cm³/mol. The molecule has 0 saturated heterocycles. The van der Waals surface area contributed by atoms with Gasteiger partial charge in [0.05, 0.1) is 37.8 Å². The van der Waals surface area contributed by atoms with Gasteiger partial charge < -0.3 is 20.5 Å². The summed E-state index contributed by atoms with van der Waals surface area (Å²) in [6.45, 7) is 0.558. The van der Waals surface area contributed by atoms with Crippen molar-refractivity contribution in [3.05, 3.63) is 36.4 Å². The number of hydrogen-bond donors (Lipinski definition) is 2. The molecular weight excluding hydrogens is 244 g/mol. The average Bonchev–Trinajstić information content (AvgIpc) is 2.46. The lowest BCUT2D eigenvalue weighted by Crippen LogP contribution is -2.05. The van der Waals surface area contributed by atoms with E-state index in [1.165, 1.54) is 6.33 Å². The monoisotopic (exact) mass is 260 g/mol. The number of rotatable bonds is 5. The summed E-state index contributed by atoms with van der Waals surface area (Å²) in [7, 11) is 3.16. The lowest BCUT2D eigenvalue weighted by atomic mass is 10.2. The van der Waals surface area contributed by atoms with Crippen LogP contribution in [0, 0.1) is 0 Å². The van der Waals surface area contributed by atoms with E-state index in [-0.39, 0.29) is 0 Å². The van der Waals surface area contributed by atoms with Crippen LogP contribution in [0.25, 0.3) is 0 Å². The summed E-state index contributed by atoms with van der Waals surface area (Å²) in [4.78, 5) is 8.00. The summed E-state index contributed by atoms with van der Waals surface area (Å²) in [6, 6.07) is 5.36. The molecule has 0 saturated carbocycles. The van der Waals surface area contributed by atoms with Crippen molar-refractivity contribution in [2.75, 3.05) is 25.3 Å². The molecule has 0 aliphatic heterocycles. The fraction of sp³-hybridized carbons (Fsp3) is 0.231. The summed E-state index contributed by atoms with van der Waals surface area (Å²) in [5, 5.41) is 3.20. The van der Waals surface area contributed by atoms with Crippen molar-refractivity contribution >= 4 is 11.4 Å². The van der Waals surface area contributed by atoms with E-state index < -0.39 is 0 Å². The van der Waals surface area contributed by atoms with E-state index in [0.717, 1.165) is 11.4 Å². The molecule has 0 amide bonds. The SMILES string of the molecule is COc1cc(N)c(NCc2ccncn2)cc1OC. The molecule has 6 heteroatoms. The molecule has 1 aromatic carbocycles. The van der Waals surface area contributed by atoms with Gasteiger partial charge in [-0.3, -0.25) is 0 Å². The fourth-order valence-corrected chi connectivity index (χ4v) is 1.66. The maximum Gasteiger partial charge on any atom is 0.162 e. The molecule has 0 fully saturated rings. The molecular formula is C13H16N4O2. The van der Waals surface area contributed by atoms with Crippen LogP contribution in [0.4, 0.5) is 11.4 Å². The zero-order chi connectivity index (χ0) is 13.7. The van der Waals surface area contributed by atoms with Crippen LogP contribution < -0.4 is 20.5 Å². The van der Waals surface area contributed by atoms with Gasteiger partial charge in [-0.2, -0.15) is 0 Å². The molecule has 2 aromatic rings. The second-order valence-corrected chi connectivity index (χ2v) is 3.85. The molecule has 2 rings (SSSR count). The fourth-order valence-electron chi connectivity index (χ4n) is 1.66. The third-order valence-corrected chi connectivity index (χ3v) is 2.66. The average molecular weight is 260 g/mol. The summed E-state index contributed by atoms with van der Waals surface area (Å²) >= 11 is 0. The zero-order valence-corrected chi connectivity index (χ0v) is 10.9. The summed E-state index contributed by atoms with van der Waals surface area (Å²) in [5.74, 6) is 1.23. The number of hydrogen-bond acceptors (Lipinski definition) is 6. The molecule has 0 bridgehead atoms. The molecule has 0 unspecified atom stereocenters. The zero-order valence-electron chi connectivity index (χ0n) is 10.9. The molecule has 19 heavy (non-hydrogen) atoms. The minimum atomic E-state index is 0.558. The molecule has 1 aromatic heterocycles. The van der Waals surface area contributed by atoms with Crippen LogP contribution >= 0.6 is 0 Å². The second kappa shape index (κ2) is 5.90. The molecule has 6 nitrogen and oxygen atoms in total. The smallest absolute Gasteiger partial charge is 0.162 e. The Morgan fingerprint density at radius 2 is 1.95 bits per heavy atom. The van der Waals surface area contributed by atoms with E-state index in [0.29, 0.717) is 23.7 Å². The van der Waals surface area contributed by atoms with E-state index in [1.807, 2.05) is 6.07 Å². The van der Waals surface area contributed by atoms with Crippen molar-refractivity contribution in [3.8, 4) is 11.5 Å². The van der Waals surface area contributed by atoms with Crippen molar-refractivity contribution in [2.24, 2.45) is 0 Å². The van der Waals surface area contributed by atoms with Gasteiger partial charge in [-0.15, -0.1) is 0 Å². The Hall–Kier alpha value is -2.50. The summed E-state index contributed by atoms with van der Waals surface area (Å²) < 4.78 is 10.4. The third kappa shape index (κ3) is 3.04. The second-order valence-electron chi connectivity index (χ2n) is 3.85. The first-order valence-corrected chi connectivity index (χ1v) is 5.75. The Balaban J connectivity index is 2.16. The Labute approximate surface area is 111 Å². The Morgan fingerprint density at radius 3 is 2.58 bits per heavy atom. The van der Waals surface area contributed by atoms with Crippen molar-refractivity contribution < 1.29 is 9.47 Å². The van der Waals surface area contributed by atoms with Gasteiger partial charge in [0, 0.05) is 18.3 Å². The first-order valence-electron chi connectivity index (χ1n) is 5.75. The number of ether oxygens (including phenoxy) is 2. The first-order chi connectivity index (χ1) is 9.24. The molecule has 0 aliphatic rings. The van der Waals surface area contributed by atoms with Crippen LogP contribution in [-0.2, 0) is 6.54 Å². The van der Waals surface area contributed by atoms with Gasteiger partial charge in [-0.1, -0.05) is 0 Å². The summed E-state index contributed by atoms with van der Waals surface area (Å²) in [5.41, 5.74) is 8.20. The highest BCUT2D eigenvalue weighted by atomic mass is 16.5. The number of methoxy groups -OCH3 is 2. The highest BCUT2D eigenvalue weighted by Gasteiger charge is 2.09. The van der Waals surface area contributed by atoms with Crippen LogP contribution in [0.2, 0.25) is 0 Å². The van der Waals surface area contributed by atoms with Crippen molar-refractivity contribution in [1.82, 2.24) is 9.97 Å². The lowest BCUT2D eigenvalue weighted by molar-refractivity contribution is 0.355. The summed E-state index contributed by atoms with van der Waals surface area (Å²) in [6.07, 6.45) is 3.21. The van der Waals surface area contributed by atoms with E-state index in [2.05, 4.69) is 15.3 Å². The van der Waals surface area contributed by atoms with Crippen molar-refractivity contribution in [1.29, 1.82) is 0 Å². The van der Waals surface area contributed by atoms with Crippen molar-refractivity contribution in [3.63, 3.8) is 0 Å². The topological polar surface area (TPSA) is 82.3 Å². The Kier molecular flexibility index (Phi) is 4.02. The highest BCUT2D eigenvalue weighted by Crippen LogP contribution is 2.34. The number of nitrogens with two attached hydrogens (primary N) is 1. The van der Waals surface area contributed by atoms with E-state index in [9.17, 15) is 0 Å². The van der Waals surface area contributed by atoms with Gasteiger partial charge in [0.15, 0.2) is 11.5 Å². The van der Waals surface area contributed by atoms with E-state index >= 15 is 0 Å². The minimum absolute atomic E-state index is 0.558. The Morgan fingerprint density at radius 1 is 1.21 bits per heavy atom. The van der Waals surface area contributed by atoms with Crippen LogP contribution in [-0.4, -0.2) is 24.2 Å². The van der Waals surface area contributed by atoms with Crippen LogP contribution in [0.15, 0.2) is 30.7 Å². The molecule has 0 radical (unpaired) electrons. The van der Waals surface area contributed by atoms with E-state index in [1.54, 1.807) is 32.5 Å². The van der Waals surface area contributed by atoms with Gasteiger partial charge in [0.25, 0.3) is 0 Å². The van der Waals surface area contributed by atoms with Gasteiger partial charge in [-0.25, -0.2) is 9.97 Å². The number of aromatic nitrogens is 2. The molecule has 1 heterocycles. The van der Waals surface area contributed by atoms with Crippen LogP contribution in [0.5, 0.6) is 11.5 Å². The van der Waals surface area contributed by atoms with E-state index in [4.69, 9.17) is 15.2 Å². The van der Waals surface area contributed by atoms with Gasteiger partial charge >= 0.3 is 0 Å². The van der Waals surface area contributed by atoms with Crippen molar-refractivity contribution in [2.45, 2.75) is 6.54 Å². The maximum absolute atomic E-state index is 5.95. The van der Waals surface area contributed by atoms with Gasteiger partial charge in [0.1, 0.15) is 6.33 Å². The maximum atomic E-state index is 5.95. The molecule has 0 atom stereocenters. The molecule has 0 aliphatic carbocycles. The number of benzene rings is 1. The van der Waals surface area contributed by atoms with Gasteiger partial charge in [-0.05, 0) is 6.07 Å².